The summed E-state index contributed by atoms with van der Waals surface area (Å²) in [6.07, 6.45) is 0.583. The van der Waals surface area contributed by atoms with Crippen LogP contribution >= 0.6 is 0 Å². The second kappa shape index (κ2) is 11.8. The SMILES string of the molecule is CCC(=O)N1CCN(C(COc2ccccc2)c2ccccc2)CC1.O=CO. The molecule has 1 N–H and O–H groups in total. The molecule has 2 aromatic carbocycles. The number of piperazine rings is 1. The molecule has 1 heterocycles. The fourth-order valence-corrected chi connectivity index (χ4v) is 3.29. The van der Waals surface area contributed by atoms with Gasteiger partial charge in [-0.1, -0.05) is 55.5 Å². The Morgan fingerprint density at radius 3 is 2.11 bits per heavy atom. The van der Waals surface area contributed by atoms with Crippen molar-refractivity contribution in [3.8, 4) is 5.75 Å². The lowest BCUT2D eigenvalue weighted by Gasteiger charge is -2.39. The molecule has 0 saturated carbocycles. The number of amides is 1. The molecule has 0 radical (unpaired) electrons. The number of ether oxygens (including phenoxy) is 1. The molecule has 6 heteroatoms. The Morgan fingerprint density at radius 2 is 1.57 bits per heavy atom. The van der Waals surface area contributed by atoms with Crippen molar-refractivity contribution in [3.05, 3.63) is 66.2 Å². The van der Waals surface area contributed by atoms with Gasteiger partial charge in [0.1, 0.15) is 12.4 Å². The standard InChI is InChI=1S/C21H26N2O2.CH2O2/c1-2-21(24)23-15-13-22(14-16-23)20(18-9-5-3-6-10-18)17-25-19-11-7-4-8-12-19;2-1-3/h3-12,20H,2,13-17H2,1H3;1H,(H,2,3). The van der Waals surface area contributed by atoms with E-state index in [2.05, 4.69) is 29.2 Å². The van der Waals surface area contributed by atoms with Crippen LogP contribution in [0, 0.1) is 0 Å². The quantitative estimate of drug-likeness (QED) is 0.775. The molecular formula is C22H28N2O4. The Labute approximate surface area is 166 Å². The summed E-state index contributed by atoms with van der Waals surface area (Å²) in [4.78, 5) is 24.7. The van der Waals surface area contributed by atoms with Crippen LogP contribution in [0.2, 0.25) is 0 Å². The molecular weight excluding hydrogens is 356 g/mol. The molecule has 1 saturated heterocycles. The third-order valence-electron chi connectivity index (χ3n) is 4.75. The van der Waals surface area contributed by atoms with Crippen molar-refractivity contribution in [1.82, 2.24) is 9.80 Å². The average molecular weight is 384 g/mol. The monoisotopic (exact) mass is 384 g/mol. The van der Waals surface area contributed by atoms with Crippen LogP contribution in [-0.2, 0) is 9.59 Å². The summed E-state index contributed by atoms with van der Waals surface area (Å²) in [6.45, 7) is 5.63. The molecule has 1 amide bonds. The first-order valence-electron chi connectivity index (χ1n) is 9.52. The fourth-order valence-electron chi connectivity index (χ4n) is 3.29. The van der Waals surface area contributed by atoms with Crippen LogP contribution in [0.25, 0.3) is 0 Å². The van der Waals surface area contributed by atoms with Crippen molar-refractivity contribution in [2.24, 2.45) is 0 Å². The van der Waals surface area contributed by atoms with Gasteiger partial charge >= 0.3 is 0 Å². The predicted molar refractivity (Wildman–Crippen MR) is 108 cm³/mol. The van der Waals surface area contributed by atoms with Crippen LogP contribution in [0.15, 0.2) is 60.7 Å². The Morgan fingerprint density at radius 1 is 1.04 bits per heavy atom. The van der Waals surface area contributed by atoms with E-state index >= 15 is 0 Å². The number of carbonyl (C=O) groups is 2. The normalized spacial score (nSPS) is 15.1. The molecule has 0 spiro atoms. The fraction of sp³-hybridized carbons (Fsp3) is 0.364. The summed E-state index contributed by atoms with van der Waals surface area (Å²) in [7, 11) is 0. The zero-order chi connectivity index (χ0) is 20.2. The molecule has 6 nitrogen and oxygen atoms in total. The van der Waals surface area contributed by atoms with Crippen LogP contribution < -0.4 is 4.74 Å². The smallest absolute Gasteiger partial charge is 0.290 e. The topological polar surface area (TPSA) is 70.1 Å². The van der Waals surface area contributed by atoms with E-state index in [1.807, 2.05) is 48.2 Å². The maximum absolute atomic E-state index is 11.9. The first-order valence-corrected chi connectivity index (χ1v) is 9.52. The van der Waals surface area contributed by atoms with E-state index in [0.717, 1.165) is 31.9 Å². The minimum Gasteiger partial charge on any atom is -0.492 e. The number of rotatable bonds is 6. The van der Waals surface area contributed by atoms with Gasteiger partial charge in [0.05, 0.1) is 6.04 Å². The molecule has 2 aromatic rings. The van der Waals surface area contributed by atoms with E-state index in [1.54, 1.807) is 0 Å². The Kier molecular flexibility index (Phi) is 9.01. The van der Waals surface area contributed by atoms with Gasteiger partial charge in [-0.15, -0.1) is 0 Å². The maximum Gasteiger partial charge on any atom is 0.290 e. The number of para-hydroxylation sites is 1. The second-order valence-corrected chi connectivity index (χ2v) is 6.43. The van der Waals surface area contributed by atoms with Gasteiger partial charge in [-0.05, 0) is 17.7 Å². The Balaban J connectivity index is 0.000000878. The Bertz CT molecular complexity index is 701. The lowest BCUT2D eigenvalue weighted by Crippen LogP contribution is -2.50. The van der Waals surface area contributed by atoms with Crippen molar-refractivity contribution in [2.45, 2.75) is 19.4 Å². The first-order chi connectivity index (χ1) is 13.7. The lowest BCUT2D eigenvalue weighted by atomic mass is 10.0. The molecule has 1 fully saturated rings. The number of carboxylic acid groups (broad SMARTS) is 1. The minimum absolute atomic E-state index is 0.195. The minimum atomic E-state index is -0.250. The highest BCUT2D eigenvalue weighted by Gasteiger charge is 2.27. The van der Waals surface area contributed by atoms with E-state index in [9.17, 15) is 4.79 Å². The van der Waals surface area contributed by atoms with E-state index in [-0.39, 0.29) is 18.4 Å². The van der Waals surface area contributed by atoms with Crippen LogP contribution in [0.1, 0.15) is 24.9 Å². The third kappa shape index (κ3) is 6.39. The van der Waals surface area contributed by atoms with Crippen molar-refractivity contribution in [2.75, 3.05) is 32.8 Å². The summed E-state index contributed by atoms with van der Waals surface area (Å²) in [6, 6.07) is 20.6. The van der Waals surface area contributed by atoms with E-state index in [1.165, 1.54) is 5.56 Å². The van der Waals surface area contributed by atoms with Gasteiger partial charge in [0.15, 0.2) is 0 Å². The lowest BCUT2D eigenvalue weighted by molar-refractivity contribution is -0.133. The third-order valence-corrected chi connectivity index (χ3v) is 4.75. The van der Waals surface area contributed by atoms with Crippen molar-refractivity contribution in [1.29, 1.82) is 0 Å². The number of hydrogen-bond donors (Lipinski definition) is 1. The summed E-state index contributed by atoms with van der Waals surface area (Å²) < 4.78 is 6.05. The molecule has 150 valence electrons. The summed E-state index contributed by atoms with van der Waals surface area (Å²) in [5, 5.41) is 6.89. The Hall–Kier alpha value is -2.86. The van der Waals surface area contributed by atoms with Gasteiger partial charge < -0.3 is 14.7 Å². The highest BCUT2D eigenvalue weighted by Crippen LogP contribution is 2.24. The van der Waals surface area contributed by atoms with Crippen molar-refractivity contribution < 1.29 is 19.4 Å². The van der Waals surface area contributed by atoms with Crippen LogP contribution in [0.4, 0.5) is 0 Å². The molecule has 1 aliphatic rings. The zero-order valence-electron chi connectivity index (χ0n) is 16.2. The van der Waals surface area contributed by atoms with Crippen molar-refractivity contribution >= 4 is 12.4 Å². The van der Waals surface area contributed by atoms with Gasteiger partial charge in [-0.3, -0.25) is 14.5 Å². The molecule has 1 atom stereocenters. The average Bonchev–Trinajstić information content (AvgIpc) is 2.76. The molecule has 1 unspecified atom stereocenters. The summed E-state index contributed by atoms with van der Waals surface area (Å²) >= 11 is 0. The van der Waals surface area contributed by atoms with E-state index in [0.29, 0.717) is 13.0 Å². The van der Waals surface area contributed by atoms with Gasteiger partial charge in [0.2, 0.25) is 5.91 Å². The predicted octanol–water partition coefficient (Wildman–Crippen LogP) is 3.06. The largest absolute Gasteiger partial charge is 0.492 e. The molecule has 0 aromatic heterocycles. The van der Waals surface area contributed by atoms with Crippen LogP contribution in [0.5, 0.6) is 5.75 Å². The highest BCUT2D eigenvalue weighted by atomic mass is 16.5. The van der Waals surface area contributed by atoms with Crippen LogP contribution in [0.3, 0.4) is 0 Å². The second-order valence-electron chi connectivity index (χ2n) is 6.43. The summed E-state index contributed by atoms with van der Waals surface area (Å²) in [5.41, 5.74) is 1.26. The molecule has 0 bridgehead atoms. The van der Waals surface area contributed by atoms with Crippen molar-refractivity contribution in [3.63, 3.8) is 0 Å². The van der Waals surface area contributed by atoms with Gasteiger partial charge in [-0.2, -0.15) is 0 Å². The number of nitrogens with zero attached hydrogens (tertiary/aromatic N) is 2. The number of benzene rings is 2. The molecule has 28 heavy (non-hydrogen) atoms. The maximum atomic E-state index is 11.9. The molecule has 3 rings (SSSR count). The first kappa shape index (κ1) is 21.4. The van der Waals surface area contributed by atoms with Gasteiger partial charge in [0, 0.05) is 32.6 Å². The number of hydrogen-bond acceptors (Lipinski definition) is 4. The van der Waals surface area contributed by atoms with E-state index in [4.69, 9.17) is 14.6 Å². The molecule has 0 aliphatic carbocycles. The molecule has 1 aliphatic heterocycles. The zero-order valence-corrected chi connectivity index (χ0v) is 16.2. The summed E-state index contributed by atoms with van der Waals surface area (Å²) in [5.74, 6) is 1.14. The van der Waals surface area contributed by atoms with Gasteiger partial charge in [-0.25, -0.2) is 0 Å². The van der Waals surface area contributed by atoms with Crippen LogP contribution in [-0.4, -0.2) is 60.1 Å². The number of carbonyl (C=O) groups excluding carboxylic acids is 1. The van der Waals surface area contributed by atoms with E-state index < -0.39 is 0 Å². The highest BCUT2D eigenvalue weighted by molar-refractivity contribution is 5.75. The van der Waals surface area contributed by atoms with Gasteiger partial charge in [0.25, 0.3) is 6.47 Å².